The maximum Gasteiger partial charge on any atom is 0.242 e. The molecule has 3 rings (SSSR count). The van der Waals surface area contributed by atoms with Gasteiger partial charge in [0, 0.05) is 26.8 Å². The summed E-state index contributed by atoms with van der Waals surface area (Å²) in [7, 11) is -0.512. The lowest BCUT2D eigenvalue weighted by Gasteiger charge is -2.11. The van der Waals surface area contributed by atoms with Crippen LogP contribution in [-0.2, 0) is 16.6 Å². The highest BCUT2D eigenvalue weighted by atomic mass is 32.2. The molecule has 9 heteroatoms. The molecular formula is C19H24N4O3S2. The van der Waals surface area contributed by atoms with E-state index in [0.29, 0.717) is 11.2 Å². The van der Waals surface area contributed by atoms with Crippen LogP contribution in [0.15, 0.2) is 46.6 Å². The van der Waals surface area contributed by atoms with Crippen LogP contribution in [0.2, 0.25) is 0 Å². The Hall–Kier alpha value is -2.10. The standard InChI is InChI=1S/C19H24N4O3S2/c1-4-5-11-23-17-9-8-14(28(25,26)22(2)3)12-16(17)21-19(23)27-13-18(24)15-7-6-10-20-15/h6-10,12,20H,4-5,11,13H2,1-3H3. The molecule has 0 atom stereocenters. The van der Waals surface area contributed by atoms with Crippen molar-refractivity contribution in [2.75, 3.05) is 19.8 Å². The number of imidazole rings is 1. The van der Waals surface area contributed by atoms with Crippen LogP contribution in [0.1, 0.15) is 30.3 Å². The van der Waals surface area contributed by atoms with Crippen LogP contribution in [0.3, 0.4) is 0 Å². The molecule has 1 N–H and O–H groups in total. The van der Waals surface area contributed by atoms with E-state index in [0.717, 1.165) is 30.1 Å². The minimum atomic E-state index is -3.53. The van der Waals surface area contributed by atoms with Gasteiger partial charge in [0.1, 0.15) is 0 Å². The number of aryl methyl sites for hydroxylation is 1. The summed E-state index contributed by atoms with van der Waals surface area (Å²) in [4.78, 5) is 20.1. The summed E-state index contributed by atoms with van der Waals surface area (Å²) in [5.74, 6) is 0.263. The van der Waals surface area contributed by atoms with Crippen molar-refractivity contribution in [2.24, 2.45) is 0 Å². The molecule has 0 amide bonds. The highest BCUT2D eigenvalue weighted by Crippen LogP contribution is 2.27. The fourth-order valence-electron chi connectivity index (χ4n) is 2.81. The Morgan fingerprint density at radius 3 is 2.71 bits per heavy atom. The van der Waals surface area contributed by atoms with Crippen molar-refractivity contribution in [3.63, 3.8) is 0 Å². The Morgan fingerprint density at radius 2 is 2.07 bits per heavy atom. The predicted molar refractivity (Wildman–Crippen MR) is 111 cm³/mol. The number of benzene rings is 1. The van der Waals surface area contributed by atoms with Crippen LogP contribution in [-0.4, -0.2) is 52.9 Å². The van der Waals surface area contributed by atoms with E-state index >= 15 is 0 Å². The number of nitrogens with one attached hydrogen (secondary N) is 1. The zero-order valence-corrected chi connectivity index (χ0v) is 17.8. The third-order valence-corrected chi connectivity index (χ3v) is 7.22. The molecule has 0 aliphatic heterocycles. The lowest BCUT2D eigenvalue weighted by Crippen LogP contribution is -2.22. The number of hydrogen-bond acceptors (Lipinski definition) is 5. The van der Waals surface area contributed by atoms with E-state index in [2.05, 4.69) is 21.5 Å². The van der Waals surface area contributed by atoms with Gasteiger partial charge in [-0.3, -0.25) is 4.79 Å². The average Bonchev–Trinajstić information content (AvgIpc) is 3.31. The van der Waals surface area contributed by atoms with Gasteiger partial charge in [-0.1, -0.05) is 25.1 Å². The minimum absolute atomic E-state index is 0.0000257. The molecule has 150 valence electrons. The molecule has 0 unspecified atom stereocenters. The first-order valence-corrected chi connectivity index (χ1v) is 11.5. The number of aromatic amines is 1. The van der Waals surface area contributed by atoms with Crippen LogP contribution >= 0.6 is 11.8 Å². The van der Waals surface area contributed by atoms with E-state index in [1.807, 2.05) is 0 Å². The van der Waals surface area contributed by atoms with Gasteiger partial charge in [-0.25, -0.2) is 17.7 Å². The first-order chi connectivity index (χ1) is 13.3. The average molecular weight is 421 g/mol. The second-order valence-corrected chi connectivity index (χ2v) is 9.73. The lowest BCUT2D eigenvalue weighted by atomic mass is 10.3. The maximum absolute atomic E-state index is 12.4. The zero-order chi connectivity index (χ0) is 20.3. The second-order valence-electron chi connectivity index (χ2n) is 6.63. The SMILES string of the molecule is CCCCn1c(SCC(=O)c2ccc[nH]2)nc2cc(S(=O)(=O)N(C)C)ccc21. The molecule has 0 aliphatic carbocycles. The molecule has 28 heavy (non-hydrogen) atoms. The number of sulfonamides is 1. The molecule has 3 aromatic rings. The third kappa shape index (κ3) is 4.16. The second kappa shape index (κ2) is 8.50. The van der Waals surface area contributed by atoms with Crippen molar-refractivity contribution in [1.82, 2.24) is 18.8 Å². The van der Waals surface area contributed by atoms with Crippen molar-refractivity contribution >= 4 is 38.6 Å². The largest absolute Gasteiger partial charge is 0.359 e. The Balaban J connectivity index is 1.94. The fraction of sp³-hybridized carbons (Fsp3) is 0.368. The predicted octanol–water partition coefficient (Wildman–Crippen LogP) is 3.39. The number of ketones is 1. The number of fused-ring (bicyclic) bond motifs is 1. The molecular weight excluding hydrogens is 396 g/mol. The van der Waals surface area contributed by atoms with Gasteiger partial charge in [0.05, 0.1) is 27.4 Å². The van der Waals surface area contributed by atoms with Gasteiger partial charge in [-0.05, 0) is 36.8 Å². The zero-order valence-electron chi connectivity index (χ0n) is 16.2. The molecule has 0 fully saturated rings. The summed E-state index contributed by atoms with van der Waals surface area (Å²) in [5, 5.41) is 0.725. The van der Waals surface area contributed by atoms with E-state index in [1.54, 1.807) is 36.5 Å². The summed E-state index contributed by atoms with van der Waals surface area (Å²) in [6, 6.07) is 8.55. The van der Waals surface area contributed by atoms with Gasteiger partial charge < -0.3 is 9.55 Å². The number of carbonyl (C=O) groups is 1. The van der Waals surface area contributed by atoms with Crippen molar-refractivity contribution in [2.45, 2.75) is 36.4 Å². The molecule has 0 saturated heterocycles. The van der Waals surface area contributed by atoms with Gasteiger partial charge in [-0.2, -0.15) is 0 Å². The summed E-state index contributed by atoms with van der Waals surface area (Å²) >= 11 is 1.37. The number of H-pyrrole nitrogens is 1. The molecule has 7 nitrogen and oxygen atoms in total. The van der Waals surface area contributed by atoms with E-state index in [-0.39, 0.29) is 16.4 Å². The van der Waals surface area contributed by atoms with Crippen LogP contribution in [0, 0.1) is 0 Å². The molecule has 0 bridgehead atoms. The number of nitrogens with zero attached hydrogens (tertiary/aromatic N) is 3. The van der Waals surface area contributed by atoms with Crippen molar-refractivity contribution < 1.29 is 13.2 Å². The van der Waals surface area contributed by atoms with E-state index < -0.39 is 10.0 Å². The van der Waals surface area contributed by atoms with Gasteiger partial charge >= 0.3 is 0 Å². The normalized spacial score (nSPS) is 12.1. The number of thioether (sulfide) groups is 1. The Morgan fingerprint density at radius 1 is 1.29 bits per heavy atom. The lowest BCUT2D eigenvalue weighted by molar-refractivity contribution is 0.101. The maximum atomic E-state index is 12.4. The first-order valence-electron chi connectivity index (χ1n) is 9.06. The number of Topliss-reactive ketones (excluding diaryl/α,β-unsaturated/α-hetero) is 1. The van der Waals surface area contributed by atoms with E-state index in [4.69, 9.17) is 0 Å². The highest BCUT2D eigenvalue weighted by molar-refractivity contribution is 7.99. The number of carbonyl (C=O) groups excluding carboxylic acids is 1. The third-order valence-electron chi connectivity index (χ3n) is 4.43. The summed E-state index contributed by atoms with van der Waals surface area (Å²) < 4.78 is 28.1. The smallest absolute Gasteiger partial charge is 0.242 e. The molecule has 2 aromatic heterocycles. The van der Waals surface area contributed by atoms with Gasteiger partial charge in [-0.15, -0.1) is 0 Å². The van der Waals surface area contributed by atoms with Gasteiger partial charge in [0.15, 0.2) is 10.9 Å². The molecule has 0 spiro atoms. The van der Waals surface area contributed by atoms with Gasteiger partial charge in [0.25, 0.3) is 0 Å². The molecule has 2 heterocycles. The fourth-order valence-corrected chi connectivity index (χ4v) is 4.66. The summed E-state index contributed by atoms with van der Waals surface area (Å²) in [6.07, 6.45) is 3.72. The number of unbranched alkanes of at least 4 members (excludes halogenated alkanes) is 1. The minimum Gasteiger partial charge on any atom is -0.359 e. The number of hydrogen-bond donors (Lipinski definition) is 1. The Kier molecular flexibility index (Phi) is 6.26. The van der Waals surface area contributed by atoms with Crippen LogP contribution in [0.25, 0.3) is 11.0 Å². The van der Waals surface area contributed by atoms with E-state index in [1.165, 1.54) is 30.2 Å². The molecule has 1 aromatic carbocycles. The number of rotatable bonds is 9. The Labute approximate surface area is 169 Å². The first kappa shape index (κ1) is 20.6. The van der Waals surface area contributed by atoms with Crippen LogP contribution in [0.5, 0.6) is 0 Å². The number of aromatic nitrogens is 3. The Bertz CT molecular complexity index is 1070. The molecule has 0 saturated carbocycles. The molecule has 0 radical (unpaired) electrons. The summed E-state index contributed by atoms with van der Waals surface area (Å²) in [5.41, 5.74) is 2.07. The van der Waals surface area contributed by atoms with Crippen molar-refractivity contribution in [1.29, 1.82) is 0 Å². The molecule has 0 aliphatic rings. The van der Waals surface area contributed by atoms with Crippen LogP contribution in [0.4, 0.5) is 0 Å². The summed E-state index contributed by atoms with van der Waals surface area (Å²) in [6.45, 7) is 2.88. The highest BCUT2D eigenvalue weighted by Gasteiger charge is 2.20. The monoisotopic (exact) mass is 420 g/mol. The topological polar surface area (TPSA) is 88.1 Å². The van der Waals surface area contributed by atoms with Crippen LogP contribution < -0.4 is 0 Å². The van der Waals surface area contributed by atoms with Crippen molar-refractivity contribution in [3.8, 4) is 0 Å². The van der Waals surface area contributed by atoms with Crippen molar-refractivity contribution in [3.05, 3.63) is 42.2 Å². The van der Waals surface area contributed by atoms with E-state index in [9.17, 15) is 13.2 Å². The quantitative estimate of drug-likeness (QED) is 0.423. The van der Waals surface area contributed by atoms with Gasteiger partial charge in [0.2, 0.25) is 10.0 Å².